The highest BCUT2D eigenvalue weighted by atomic mass is 16.5. The summed E-state index contributed by atoms with van der Waals surface area (Å²) in [6.07, 6.45) is 6.76. The average molecular weight is 304 g/mol. The van der Waals surface area contributed by atoms with Crippen molar-refractivity contribution in [3.05, 3.63) is 42.8 Å². The molecule has 7 nitrogen and oxygen atoms in total. The first-order valence-electron chi connectivity index (χ1n) is 7.13. The Balaban J connectivity index is 0.00000264. The lowest BCUT2D eigenvalue weighted by molar-refractivity contribution is -0.0204. The van der Waals surface area contributed by atoms with Crippen LogP contribution < -0.4 is 5.32 Å². The van der Waals surface area contributed by atoms with E-state index in [9.17, 15) is 0 Å². The molecule has 22 heavy (non-hydrogen) atoms. The molecule has 0 saturated carbocycles. The minimum atomic E-state index is -0.125. The number of hydrogen-bond donors (Lipinski definition) is 3. The molecule has 1 aromatic heterocycles. The van der Waals surface area contributed by atoms with Gasteiger partial charge in [-0.2, -0.15) is 0 Å². The van der Waals surface area contributed by atoms with Crippen LogP contribution in [0.5, 0.6) is 0 Å². The third kappa shape index (κ3) is 3.82. The summed E-state index contributed by atoms with van der Waals surface area (Å²) < 4.78 is 5.78. The zero-order valence-corrected chi connectivity index (χ0v) is 13.0. The third-order valence-electron chi connectivity index (χ3n) is 3.29. The summed E-state index contributed by atoms with van der Waals surface area (Å²) in [6, 6.07) is 0. The van der Waals surface area contributed by atoms with E-state index in [1.165, 1.54) is 0 Å². The van der Waals surface area contributed by atoms with Crippen LogP contribution in [0.25, 0.3) is 0 Å². The number of nitrogens with one attached hydrogen (secondary N) is 3. The molecule has 1 aliphatic heterocycles. The van der Waals surface area contributed by atoms with Gasteiger partial charge in [-0.25, -0.2) is 4.98 Å². The largest absolute Gasteiger partial charge is 0.367 e. The molecule has 0 aliphatic carbocycles. The molecule has 0 spiro atoms. The minimum absolute atomic E-state index is 0. The molecule has 1 atom stereocenters. The molecule has 3 N–H and O–H groups in total. The van der Waals surface area contributed by atoms with Gasteiger partial charge in [0.15, 0.2) is 0 Å². The van der Waals surface area contributed by atoms with Gasteiger partial charge in [-0.05, 0) is 19.2 Å². The second kappa shape index (κ2) is 7.56. The Morgan fingerprint density at radius 1 is 1.73 bits per heavy atom. The predicted molar refractivity (Wildman–Crippen MR) is 89.1 cm³/mol. The van der Waals surface area contributed by atoms with Crippen molar-refractivity contribution in [3.63, 3.8) is 0 Å². The van der Waals surface area contributed by atoms with Gasteiger partial charge in [0.25, 0.3) is 0 Å². The summed E-state index contributed by atoms with van der Waals surface area (Å²) in [5.41, 5.74) is 1.32. The van der Waals surface area contributed by atoms with Gasteiger partial charge in [-0.15, -0.1) is 0 Å². The molecule has 1 aromatic rings. The molecule has 1 saturated heterocycles. The van der Waals surface area contributed by atoms with E-state index in [-0.39, 0.29) is 7.53 Å². The number of morpholine rings is 1. The number of amidine groups is 1. The van der Waals surface area contributed by atoms with Crippen molar-refractivity contribution in [1.82, 2.24) is 20.2 Å². The lowest BCUT2D eigenvalue weighted by Gasteiger charge is -2.35. The van der Waals surface area contributed by atoms with Gasteiger partial charge < -0.3 is 25.3 Å². The highest BCUT2D eigenvalue weighted by molar-refractivity contribution is 6.04. The maximum atomic E-state index is 7.77. The molecule has 0 bridgehead atoms. The molecular formula is C15H24N6O. The van der Waals surface area contributed by atoms with Crippen LogP contribution in [-0.2, 0) is 4.74 Å². The van der Waals surface area contributed by atoms with Crippen LogP contribution in [0.2, 0.25) is 0 Å². The third-order valence-corrected chi connectivity index (χ3v) is 3.29. The topological polar surface area (TPSA) is 89.4 Å². The summed E-state index contributed by atoms with van der Waals surface area (Å²) in [7, 11) is 1.71. The fraction of sp³-hybridized carbons (Fsp3) is 0.400. The average Bonchev–Trinajstić information content (AvgIpc) is 3.05. The molecule has 2 heterocycles. The first kappa shape index (κ1) is 16.0. The Bertz CT molecular complexity index is 581. The Kier molecular flexibility index (Phi) is 5.48. The van der Waals surface area contributed by atoms with Crippen molar-refractivity contribution in [2.45, 2.75) is 13.0 Å². The van der Waals surface area contributed by atoms with Gasteiger partial charge in [-0.1, -0.05) is 6.58 Å². The summed E-state index contributed by atoms with van der Waals surface area (Å²) >= 11 is 0. The second-order valence-corrected chi connectivity index (χ2v) is 4.91. The summed E-state index contributed by atoms with van der Waals surface area (Å²) in [4.78, 5) is 13.8. The molecule has 0 amide bonds. The van der Waals surface area contributed by atoms with Gasteiger partial charge in [0.05, 0.1) is 18.8 Å². The van der Waals surface area contributed by atoms with Gasteiger partial charge in [0.2, 0.25) is 0 Å². The SMILES string of the molecule is C=CNC(=NC)/C(=C\C(C)=N)N1CCOC(c2ncc[nH]2)C1.[HH]. The highest BCUT2D eigenvalue weighted by Crippen LogP contribution is 2.22. The van der Waals surface area contributed by atoms with Gasteiger partial charge >= 0.3 is 0 Å². The van der Waals surface area contributed by atoms with E-state index in [0.717, 1.165) is 18.1 Å². The van der Waals surface area contributed by atoms with Crippen molar-refractivity contribution >= 4 is 11.5 Å². The molecule has 0 radical (unpaired) electrons. The number of H-pyrrole nitrogens is 1. The zero-order valence-electron chi connectivity index (χ0n) is 13.0. The number of imidazole rings is 1. The van der Waals surface area contributed by atoms with Crippen LogP contribution in [0.15, 0.2) is 41.9 Å². The van der Waals surface area contributed by atoms with E-state index in [2.05, 4.69) is 31.8 Å². The summed E-state index contributed by atoms with van der Waals surface area (Å²) in [6.45, 7) is 7.38. The lowest BCUT2D eigenvalue weighted by atomic mass is 10.2. The Hall–Kier alpha value is -2.41. The first-order chi connectivity index (χ1) is 10.7. The number of rotatable bonds is 5. The molecule has 0 aromatic carbocycles. The molecular weight excluding hydrogens is 280 g/mol. The number of hydrogen-bond acceptors (Lipinski definition) is 5. The van der Waals surface area contributed by atoms with Gasteiger partial charge in [0, 0.05) is 33.1 Å². The maximum absolute atomic E-state index is 7.77. The van der Waals surface area contributed by atoms with Crippen molar-refractivity contribution in [3.8, 4) is 0 Å². The van der Waals surface area contributed by atoms with E-state index in [1.807, 2.05) is 0 Å². The molecule has 120 valence electrons. The number of allylic oxidation sites excluding steroid dienone is 1. The van der Waals surface area contributed by atoms with Crippen LogP contribution in [-0.4, -0.2) is 53.2 Å². The number of nitrogens with zero attached hydrogens (tertiary/aromatic N) is 3. The van der Waals surface area contributed by atoms with E-state index >= 15 is 0 Å². The van der Waals surface area contributed by atoms with Crippen molar-refractivity contribution < 1.29 is 6.16 Å². The number of aliphatic imine (C=N–C) groups is 1. The zero-order chi connectivity index (χ0) is 15.9. The first-order valence-corrected chi connectivity index (χ1v) is 7.13. The molecule has 2 rings (SSSR count). The number of aromatic nitrogens is 2. The normalized spacial score (nSPS) is 19.9. The van der Waals surface area contributed by atoms with Crippen LogP contribution in [0.1, 0.15) is 20.3 Å². The number of aromatic amines is 1. The van der Waals surface area contributed by atoms with Gasteiger partial charge in [0.1, 0.15) is 17.8 Å². The highest BCUT2D eigenvalue weighted by Gasteiger charge is 2.26. The van der Waals surface area contributed by atoms with Crippen molar-refractivity contribution in [2.24, 2.45) is 4.99 Å². The van der Waals surface area contributed by atoms with Crippen LogP contribution in [0.3, 0.4) is 0 Å². The quantitative estimate of drug-likeness (QED) is 0.571. The van der Waals surface area contributed by atoms with E-state index in [4.69, 9.17) is 10.1 Å². The van der Waals surface area contributed by atoms with Crippen LogP contribution in [0, 0.1) is 5.41 Å². The summed E-state index contributed by atoms with van der Waals surface area (Å²) in [5.74, 6) is 1.49. The fourth-order valence-corrected chi connectivity index (χ4v) is 2.35. The smallest absolute Gasteiger partial charge is 0.148 e. The second-order valence-electron chi connectivity index (χ2n) is 4.91. The Labute approximate surface area is 131 Å². The Morgan fingerprint density at radius 2 is 2.55 bits per heavy atom. The fourth-order valence-electron chi connectivity index (χ4n) is 2.35. The van der Waals surface area contributed by atoms with Crippen LogP contribution >= 0.6 is 0 Å². The standard InChI is InChI=1S/C15H22N6O.H2/c1-4-18-14(17-3)12(9-11(2)16)21-7-8-22-13(10-21)15-19-5-6-20-15;/h4-6,9,13,16H,1,7-8,10H2,2-3H3,(H,17,18)(H,19,20);1H/b12-9+,16-11?;. The van der Waals surface area contributed by atoms with E-state index in [0.29, 0.717) is 24.7 Å². The minimum Gasteiger partial charge on any atom is -0.367 e. The van der Waals surface area contributed by atoms with Gasteiger partial charge in [-0.3, -0.25) is 4.99 Å². The molecule has 7 heteroatoms. The monoisotopic (exact) mass is 304 g/mol. The molecule has 1 aliphatic rings. The Morgan fingerprint density at radius 3 is 3.14 bits per heavy atom. The number of ether oxygens (including phenoxy) is 1. The van der Waals surface area contributed by atoms with Crippen LogP contribution in [0.4, 0.5) is 0 Å². The van der Waals surface area contributed by atoms with Crippen molar-refractivity contribution in [2.75, 3.05) is 26.7 Å². The van der Waals surface area contributed by atoms with E-state index in [1.54, 1.807) is 38.6 Å². The van der Waals surface area contributed by atoms with Crippen molar-refractivity contribution in [1.29, 1.82) is 5.41 Å². The predicted octanol–water partition coefficient (Wildman–Crippen LogP) is 1.71. The maximum Gasteiger partial charge on any atom is 0.148 e. The summed E-state index contributed by atoms with van der Waals surface area (Å²) in [5, 5.41) is 10.8. The lowest BCUT2D eigenvalue weighted by Crippen LogP contribution is -2.42. The molecule has 1 unspecified atom stereocenters. The van der Waals surface area contributed by atoms with E-state index < -0.39 is 0 Å². The molecule has 1 fully saturated rings.